The summed E-state index contributed by atoms with van der Waals surface area (Å²) in [6, 6.07) is 5.14. The van der Waals surface area contributed by atoms with Gasteiger partial charge in [-0.05, 0) is 43.4 Å². The van der Waals surface area contributed by atoms with Crippen molar-refractivity contribution < 1.29 is 4.39 Å². The van der Waals surface area contributed by atoms with Crippen LogP contribution in [0.5, 0.6) is 0 Å². The van der Waals surface area contributed by atoms with E-state index in [4.69, 9.17) is 11.6 Å². The van der Waals surface area contributed by atoms with E-state index in [1.165, 1.54) is 25.3 Å². The van der Waals surface area contributed by atoms with E-state index >= 15 is 0 Å². The molecule has 0 saturated heterocycles. The molecule has 1 saturated carbocycles. The number of aromatic nitrogens is 2. The van der Waals surface area contributed by atoms with Crippen molar-refractivity contribution in [3.05, 3.63) is 29.8 Å². The van der Waals surface area contributed by atoms with E-state index < -0.39 is 0 Å². The number of alkyl halides is 1. The maximum Gasteiger partial charge on any atom is 0.127 e. The fourth-order valence-electron chi connectivity index (χ4n) is 3.65. The first-order chi connectivity index (χ1) is 9.90. The highest BCUT2D eigenvalue weighted by Crippen LogP contribution is 2.46. The van der Waals surface area contributed by atoms with Crippen molar-refractivity contribution in [1.82, 2.24) is 9.55 Å². The van der Waals surface area contributed by atoms with Gasteiger partial charge in [-0.15, -0.1) is 11.6 Å². The number of fused-ring (bicyclic) bond motifs is 1. The Morgan fingerprint density at radius 3 is 2.81 bits per heavy atom. The summed E-state index contributed by atoms with van der Waals surface area (Å²) in [4.78, 5) is 4.66. The normalized spacial score (nSPS) is 23.4. The zero-order valence-corrected chi connectivity index (χ0v) is 13.6. The topological polar surface area (TPSA) is 17.8 Å². The van der Waals surface area contributed by atoms with Crippen LogP contribution < -0.4 is 0 Å². The van der Waals surface area contributed by atoms with Crippen LogP contribution in [0.4, 0.5) is 4.39 Å². The molecule has 2 atom stereocenters. The molecule has 3 rings (SSSR count). The molecule has 1 aromatic carbocycles. The molecule has 4 heteroatoms. The molecular formula is C17H22ClFN2. The second-order valence-corrected chi connectivity index (χ2v) is 7.49. The Balaban J connectivity index is 2.23. The van der Waals surface area contributed by atoms with E-state index in [1.807, 2.05) is 6.92 Å². The van der Waals surface area contributed by atoms with Gasteiger partial charge in [0.25, 0.3) is 0 Å². The molecular weight excluding hydrogens is 287 g/mol. The highest BCUT2D eigenvalue weighted by Gasteiger charge is 2.36. The molecule has 114 valence electrons. The van der Waals surface area contributed by atoms with Crippen LogP contribution in [-0.2, 0) is 0 Å². The molecule has 0 aliphatic heterocycles. The predicted octanol–water partition coefficient (Wildman–Crippen LogP) is 5.62. The summed E-state index contributed by atoms with van der Waals surface area (Å²) in [5, 5.41) is -0.182. The van der Waals surface area contributed by atoms with Gasteiger partial charge in [-0.3, -0.25) is 0 Å². The molecule has 0 amide bonds. The molecule has 1 aliphatic carbocycles. The smallest absolute Gasteiger partial charge is 0.127 e. The second-order valence-electron chi connectivity index (χ2n) is 6.84. The summed E-state index contributed by atoms with van der Waals surface area (Å²) in [6.07, 6.45) is 4.75. The maximum atomic E-state index is 13.7. The highest BCUT2D eigenvalue weighted by atomic mass is 35.5. The maximum absolute atomic E-state index is 13.7. The second kappa shape index (κ2) is 5.28. The molecule has 0 bridgehead atoms. The van der Waals surface area contributed by atoms with Crippen molar-refractivity contribution >= 4 is 22.6 Å². The van der Waals surface area contributed by atoms with Gasteiger partial charge in [-0.1, -0.05) is 26.7 Å². The lowest BCUT2D eigenvalue weighted by Gasteiger charge is -2.40. The van der Waals surface area contributed by atoms with Gasteiger partial charge in [0, 0.05) is 6.04 Å². The van der Waals surface area contributed by atoms with Gasteiger partial charge < -0.3 is 4.57 Å². The van der Waals surface area contributed by atoms with Crippen molar-refractivity contribution in [2.75, 3.05) is 0 Å². The number of imidazole rings is 1. The van der Waals surface area contributed by atoms with Crippen LogP contribution >= 0.6 is 11.6 Å². The van der Waals surface area contributed by atoms with Gasteiger partial charge in [0.15, 0.2) is 0 Å². The number of nitrogens with zero attached hydrogens (tertiary/aromatic N) is 2. The van der Waals surface area contributed by atoms with Crippen LogP contribution in [0.15, 0.2) is 18.2 Å². The standard InChI is InChI=1S/C17H22ClFN2/c1-11(18)16-20-13-8-7-12(19)10-14(13)21(16)15-6-4-5-9-17(15,2)3/h7-8,10-11,15H,4-6,9H2,1-3H3. The predicted molar refractivity (Wildman–Crippen MR) is 85.2 cm³/mol. The van der Waals surface area contributed by atoms with Crippen LogP contribution in [-0.4, -0.2) is 9.55 Å². The number of halogens is 2. The molecule has 0 spiro atoms. The highest BCUT2D eigenvalue weighted by molar-refractivity contribution is 6.20. The minimum atomic E-state index is -0.217. The summed E-state index contributed by atoms with van der Waals surface area (Å²) in [5.74, 6) is 0.642. The third kappa shape index (κ3) is 2.57. The number of rotatable bonds is 2. The molecule has 1 fully saturated rings. The monoisotopic (exact) mass is 308 g/mol. The van der Waals surface area contributed by atoms with Crippen molar-refractivity contribution in [2.45, 2.75) is 57.9 Å². The van der Waals surface area contributed by atoms with Crippen molar-refractivity contribution in [2.24, 2.45) is 5.41 Å². The first-order valence-corrected chi connectivity index (χ1v) is 8.15. The first-order valence-electron chi connectivity index (χ1n) is 7.71. The Kier molecular flexibility index (Phi) is 3.73. The van der Waals surface area contributed by atoms with Crippen LogP contribution in [0.3, 0.4) is 0 Å². The largest absolute Gasteiger partial charge is 0.323 e. The van der Waals surface area contributed by atoms with Crippen molar-refractivity contribution in [1.29, 1.82) is 0 Å². The van der Waals surface area contributed by atoms with Gasteiger partial charge in [-0.25, -0.2) is 9.37 Å². The molecule has 0 N–H and O–H groups in total. The van der Waals surface area contributed by atoms with Gasteiger partial charge >= 0.3 is 0 Å². The fraction of sp³-hybridized carbons (Fsp3) is 0.588. The molecule has 0 radical (unpaired) electrons. The Morgan fingerprint density at radius 2 is 2.14 bits per heavy atom. The fourth-order valence-corrected chi connectivity index (χ4v) is 3.80. The van der Waals surface area contributed by atoms with E-state index in [2.05, 4.69) is 23.4 Å². The summed E-state index contributed by atoms with van der Waals surface area (Å²) >= 11 is 6.35. The molecule has 2 nitrogen and oxygen atoms in total. The van der Waals surface area contributed by atoms with Crippen molar-refractivity contribution in [3.8, 4) is 0 Å². The lowest BCUT2D eigenvalue weighted by molar-refractivity contribution is 0.145. The molecule has 21 heavy (non-hydrogen) atoms. The lowest BCUT2D eigenvalue weighted by atomic mass is 9.73. The first kappa shape index (κ1) is 14.8. The van der Waals surface area contributed by atoms with Crippen LogP contribution in [0.25, 0.3) is 11.0 Å². The number of hydrogen-bond acceptors (Lipinski definition) is 1. The van der Waals surface area contributed by atoms with Gasteiger partial charge in [0.2, 0.25) is 0 Å². The van der Waals surface area contributed by atoms with Gasteiger partial charge in [0.1, 0.15) is 11.6 Å². The van der Waals surface area contributed by atoms with Crippen LogP contribution in [0, 0.1) is 11.2 Å². The zero-order valence-electron chi connectivity index (χ0n) is 12.9. The average molecular weight is 309 g/mol. The zero-order chi connectivity index (χ0) is 15.2. The summed E-state index contributed by atoms with van der Waals surface area (Å²) in [7, 11) is 0. The van der Waals surface area contributed by atoms with E-state index in [1.54, 1.807) is 12.1 Å². The lowest BCUT2D eigenvalue weighted by Crippen LogP contribution is -2.31. The molecule has 2 unspecified atom stereocenters. The van der Waals surface area contributed by atoms with E-state index in [0.717, 1.165) is 23.3 Å². The Labute approximate surface area is 130 Å². The Morgan fingerprint density at radius 1 is 1.38 bits per heavy atom. The number of hydrogen-bond donors (Lipinski definition) is 0. The summed E-state index contributed by atoms with van der Waals surface area (Å²) in [5.41, 5.74) is 1.89. The summed E-state index contributed by atoms with van der Waals surface area (Å²) < 4.78 is 15.9. The minimum Gasteiger partial charge on any atom is -0.323 e. The quantitative estimate of drug-likeness (QED) is 0.659. The summed E-state index contributed by atoms with van der Waals surface area (Å²) in [6.45, 7) is 6.53. The van der Waals surface area contributed by atoms with Gasteiger partial charge in [-0.2, -0.15) is 0 Å². The molecule has 1 heterocycles. The van der Waals surface area contributed by atoms with Crippen LogP contribution in [0.1, 0.15) is 63.7 Å². The third-order valence-corrected chi connectivity index (χ3v) is 4.99. The van der Waals surface area contributed by atoms with Crippen molar-refractivity contribution in [3.63, 3.8) is 0 Å². The molecule has 1 aromatic heterocycles. The molecule has 2 aromatic rings. The van der Waals surface area contributed by atoms with Gasteiger partial charge in [0.05, 0.1) is 16.4 Å². The van der Waals surface area contributed by atoms with E-state index in [-0.39, 0.29) is 16.6 Å². The van der Waals surface area contributed by atoms with E-state index in [0.29, 0.717) is 6.04 Å². The molecule has 1 aliphatic rings. The minimum absolute atomic E-state index is 0.179. The third-order valence-electron chi connectivity index (χ3n) is 4.80. The Bertz CT molecular complexity index is 660. The van der Waals surface area contributed by atoms with Crippen LogP contribution in [0.2, 0.25) is 0 Å². The average Bonchev–Trinajstić information content (AvgIpc) is 2.77. The number of benzene rings is 1. The Hall–Kier alpha value is -1.09. The van der Waals surface area contributed by atoms with E-state index in [9.17, 15) is 4.39 Å². The SMILES string of the molecule is CC(Cl)c1nc2ccc(F)cc2n1C1CCCCC1(C)C.